The van der Waals surface area contributed by atoms with E-state index in [-0.39, 0.29) is 11.4 Å². The lowest BCUT2D eigenvalue weighted by atomic mass is 9.50. The number of esters is 1. The summed E-state index contributed by atoms with van der Waals surface area (Å²) in [5.74, 6) is 1.86. The van der Waals surface area contributed by atoms with E-state index in [1.54, 1.807) is 0 Å². The van der Waals surface area contributed by atoms with E-state index in [0.29, 0.717) is 29.7 Å². The van der Waals surface area contributed by atoms with Gasteiger partial charge in [-0.05, 0) is 56.3 Å². The third-order valence-electron chi connectivity index (χ3n) is 6.78. The van der Waals surface area contributed by atoms with Crippen LogP contribution in [0.5, 0.6) is 0 Å². The first kappa shape index (κ1) is 17.9. The molecule has 0 aromatic carbocycles. The summed E-state index contributed by atoms with van der Waals surface area (Å²) in [6, 6.07) is 0.467. The highest BCUT2D eigenvalue weighted by atomic mass is 16.7. The van der Waals surface area contributed by atoms with Gasteiger partial charge in [0, 0.05) is 12.0 Å². The Labute approximate surface area is 146 Å². The molecule has 136 valence electrons. The van der Waals surface area contributed by atoms with Crippen molar-refractivity contribution in [1.29, 1.82) is 0 Å². The van der Waals surface area contributed by atoms with Gasteiger partial charge in [0.15, 0.2) is 0 Å². The number of hydrogen-bond acceptors (Lipinski definition) is 4. The van der Waals surface area contributed by atoms with Crippen molar-refractivity contribution in [2.45, 2.75) is 59.9 Å². The summed E-state index contributed by atoms with van der Waals surface area (Å²) < 4.78 is 5.25. The van der Waals surface area contributed by atoms with E-state index in [2.05, 4.69) is 46.2 Å². The van der Waals surface area contributed by atoms with Gasteiger partial charge in [-0.15, -0.1) is 0 Å². The lowest BCUT2D eigenvalue weighted by Gasteiger charge is -2.53. The van der Waals surface area contributed by atoms with Gasteiger partial charge < -0.3 is 9.57 Å². The molecule has 1 aliphatic heterocycles. The average Bonchev–Trinajstić information content (AvgIpc) is 2.93. The van der Waals surface area contributed by atoms with Gasteiger partial charge in [0.2, 0.25) is 0 Å². The second-order valence-corrected chi connectivity index (χ2v) is 9.33. The highest BCUT2D eigenvalue weighted by molar-refractivity contribution is 5.79. The number of fused-ring (bicyclic) bond motifs is 1. The van der Waals surface area contributed by atoms with Crippen LogP contribution < -0.4 is 5.48 Å². The molecule has 4 nitrogen and oxygen atoms in total. The number of rotatable bonds is 2. The minimum absolute atomic E-state index is 0.0878. The molecule has 1 saturated carbocycles. The molecular weight excluding hydrogens is 302 g/mol. The summed E-state index contributed by atoms with van der Waals surface area (Å²) in [7, 11) is 1.52. The molecule has 4 heteroatoms. The smallest absolute Gasteiger partial charge is 0.315 e. The van der Waals surface area contributed by atoms with Crippen molar-refractivity contribution >= 4 is 5.97 Å². The van der Waals surface area contributed by atoms with Crippen LogP contribution in [0.15, 0.2) is 11.6 Å². The Kier molecular flexibility index (Phi) is 4.59. The van der Waals surface area contributed by atoms with Crippen LogP contribution in [0.25, 0.3) is 0 Å². The molecule has 1 N–H and O–H groups in total. The van der Waals surface area contributed by atoms with Crippen LogP contribution in [-0.4, -0.2) is 25.7 Å². The van der Waals surface area contributed by atoms with Crippen LogP contribution in [0.1, 0.15) is 53.9 Å². The number of hydrogen-bond donors (Lipinski definition) is 1. The second kappa shape index (κ2) is 6.14. The zero-order chi connectivity index (χ0) is 17.7. The van der Waals surface area contributed by atoms with Crippen LogP contribution in [0.3, 0.4) is 0 Å². The molecule has 0 spiro atoms. The molecule has 3 rings (SSSR count). The predicted octanol–water partition coefficient (Wildman–Crippen LogP) is 3.72. The van der Waals surface area contributed by atoms with Crippen molar-refractivity contribution in [3.8, 4) is 0 Å². The van der Waals surface area contributed by atoms with Gasteiger partial charge in [-0.1, -0.05) is 32.4 Å². The number of hydroxylamine groups is 1. The van der Waals surface area contributed by atoms with Gasteiger partial charge in [0.05, 0.1) is 19.1 Å². The minimum Gasteiger partial charge on any atom is -0.468 e. The van der Waals surface area contributed by atoms with Gasteiger partial charge in [0.1, 0.15) is 0 Å². The Hall–Kier alpha value is -0.870. The molecule has 24 heavy (non-hydrogen) atoms. The van der Waals surface area contributed by atoms with E-state index in [1.807, 2.05) is 0 Å². The lowest BCUT2D eigenvalue weighted by Crippen LogP contribution is -2.52. The van der Waals surface area contributed by atoms with Crippen molar-refractivity contribution in [2.75, 3.05) is 13.7 Å². The van der Waals surface area contributed by atoms with Crippen molar-refractivity contribution in [1.82, 2.24) is 5.48 Å². The van der Waals surface area contributed by atoms with E-state index in [9.17, 15) is 4.79 Å². The summed E-state index contributed by atoms with van der Waals surface area (Å²) in [5.41, 5.74) is 4.07. The van der Waals surface area contributed by atoms with Crippen LogP contribution >= 0.6 is 0 Å². The van der Waals surface area contributed by atoms with Crippen molar-refractivity contribution in [3.63, 3.8) is 0 Å². The number of nitrogens with one attached hydrogen (secondary N) is 1. The maximum absolute atomic E-state index is 12.8. The number of carbonyl (C=O) groups is 1. The largest absolute Gasteiger partial charge is 0.468 e. The maximum Gasteiger partial charge on any atom is 0.315 e. The van der Waals surface area contributed by atoms with Gasteiger partial charge in [-0.3, -0.25) is 4.79 Å². The van der Waals surface area contributed by atoms with Crippen LogP contribution in [0, 0.1) is 34.5 Å². The number of carbonyl (C=O) groups excluding carboxylic acids is 1. The zero-order valence-corrected chi connectivity index (χ0v) is 16.0. The van der Waals surface area contributed by atoms with Crippen LogP contribution in [0.2, 0.25) is 0 Å². The molecule has 6 atom stereocenters. The normalized spacial score (nSPS) is 44.6. The van der Waals surface area contributed by atoms with Gasteiger partial charge >= 0.3 is 5.97 Å². The highest BCUT2D eigenvalue weighted by Crippen LogP contribution is 2.57. The third kappa shape index (κ3) is 2.82. The topological polar surface area (TPSA) is 47.6 Å². The summed E-state index contributed by atoms with van der Waals surface area (Å²) in [4.78, 5) is 18.3. The molecule has 0 aromatic heterocycles. The van der Waals surface area contributed by atoms with Gasteiger partial charge in [-0.2, -0.15) is 5.48 Å². The summed E-state index contributed by atoms with van der Waals surface area (Å²) in [6.45, 7) is 12.0. The fraction of sp³-hybridized carbons (Fsp3) is 0.850. The molecule has 0 radical (unpaired) electrons. The molecule has 2 aliphatic carbocycles. The molecule has 0 amide bonds. The van der Waals surface area contributed by atoms with Crippen molar-refractivity contribution in [2.24, 2.45) is 34.5 Å². The van der Waals surface area contributed by atoms with Gasteiger partial charge in [-0.25, -0.2) is 0 Å². The summed E-state index contributed by atoms with van der Waals surface area (Å²) in [6.07, 6.45) is 5.52. The Balaban J connectivity index is 1.97. The monoisotopic (exact) mass is 335 g/mol. The van der Waals surface area contributed by atoms with E-state index < -0.39 is 5.41 Å². The Morgan fingerprint density at radius 3 is 2.67 bits per heavy atom. The van der Waals surface area contributed by atoms with Gasteiger partial charge in [0.25, 0.3) is 0 Å². The number of methoxy groups -OCH3 is 1. The first-order chi connectivity index (χ1) is 11.2. The average molecular weight is 335 g/mol. The maximum atomic E-state index is 12.8. The van der Waals surface area contributed by atoms with Crippen LogP contribution in [0.4, 0.5) is 0 Å². The minimum atomic E-state index is -0.537. The third-order valence-corrected chi connectivity index (χ3v) is 6.78. The Bertz CT molecular complexity index is 541. The number of ether oxygens (including phenoxy) is 1. The summed E-state index contributed by atoms with van der Waals surface area (Å²) in [5, 5.41) is 0. The first-order valence-electron chi connectivity index (χ1n) is 9.33. The van der Waals surface area contributed by atoms with E-state index in [1.165, 1.54) is 12.7 Å². The van der Waals surface area contributed by atoms with E-state index in [0.717, 1.165) is 25.9 Å². The van der Waals surface area contributed by atoms with E-state index >= 15 is 0 Å². The highest BCUT2D eigenvalue weighted by Gasteiger charge is 2.55. The molecule has 2 fully saturated rings. The van der Waals surface area contributed by atoms with E-state index in [4.69, 9.17) is 9.57 Å². The fourth-order valence-corrected chi connectivity index (χ4v) is 6.45. The Morgan fingerprint density at radius 2 is 2.00 bits per heavy atom. The molecule has 1 heterocycles. The molecule has 0 bridgehead atoms. The SMILES string of the molecule is COC(=O)C1(C)C=C(C)CC(C)(C)C1C1CC(C)C2NOCC2C1. The quantitative estimate of drug-likeness (QED) is 0.617. The molecular formula is C20H33NO3. The van der Waals surface area contributed by atoms with Crippen molar-refractivity contribution in [3.05, 3.63) is 11.6 Å². The molecule has 6 unspecified atom stereocenters. The first-order valence-corrected chi connectivity index (χ1v) is 9.33. The Morgan fingerprint density at radius 1 is 1.29 bits per heavy atom. The zero-order valence-electron chi connectivity index (χ0n) is 16.0. The summed E-state index contributed by atoms with van der Waals surface area (Å²) >= 11 is 0. The fourth-order valence-electron chi connectivity index (χ4n) is 6.45. The predicted molar refractivity (Wildman–Crippen MR) is 94.0 cm³/mol. The molecule has 0 aromatic rings. The second-order valence-electron chi connectivity index (χ2n) is 9.33. The molecule has 3 aliphatic rings. The standard InChI is InChI=1S/C20H33NO3/c1-12-9-19(3,4)17(20(5,10-12)18(22)23-6)14-7-13(2)16-15(8-14)11-24-21-16/h10,13-17,21H,7-9,11H2,1-6H3. The number of allylic oxidation sites excluding steroid dienone is 1. The molecule has 1 saturated heterocycles. The van der Waals surface area contributed by atoms with Crippen LogP contribution in [-0.2, 0) is 14.4 Å². The lowest BCUT2D eigenvalue weighted by molar-refractivity contribution is -0.159. The van der Waals surface area contributed by atoms with Crippen molar-refractivity contribution < 1.29 is 14.4 Å².